The third-order valence-electron chi connectivity index (χ3n) is 5.83. The van der Waals surface area contributed by atoms with Crippen LogP contribution < -0.4 is 5.73 Å². The Morgan fingerprint density at radius 3 is 2.64 bits per heavy atom. The quantitative estimate of drug-likeness (QED) is 0.728. The van der Waals surface area contributed by atoms with Gasteiger partial charge in [-0.05, 0) is 37.9 Å². The Labute approximate surface area is 164 Å². The number of rotatable bonds is 4. The van der Waals surface area contributed by atoms with Crippen LogP contribution in [0.4, 0.5) is 0 Å². The second-order valence-electron chi connectivity index (χ2n) is 7.56. The number of nitrogens with one attached hydrogen (secondary N) is 1. The first-order chi connectivity index (χ1) is 13.5. The molecule has 4 rings (SSSR count). The highest BCUT2D eigenvalue weighted by molar-refractivity contribution is 5.93. The predicted molar refractivity (Wildman–Crippen MR) is 108 cm³/mol. The van der Waals surface area contributed by atoms with E-state index in [-0.39, 0.29) is 17.7 Å². The maximum atomic E-state index is 13.1. The van der Waals surface area contributed by atoms with E-state index in [0.717, 1.165) is 22.6 Å². The van der Waals surface area contributed by atoms with Crippen LogP contribution >= 0.6 is 0 Å². The normalized spacial score (nSPS) is 19.4. The van der Waals surface area contributed by atoms with Crippen molar-refractivity contribution in [2.75, 3.05) is 19.6 Å². The zero-order valence-electron chi connectivity index (χ0n) is 16.5. The minimum Gasteiger partial charge on any atom is -0.336 e. The lowest BCUT2D eigenvalue weighted by Crippen LogP contribution is -2.30. The molecule has 0 radical (unpaired) electrons. The minimum absolute atomic E-state index is 0.0326. The summed E-state index contributed by atoms with van der Waals surface area (Å²) in [7, 11) is 1.91. The molecule has 0 unspecified atom stereocenters. The second kappa shape index (κ2) is 7.24. The zero-order valence-corrected chi connectivity index (χ0v) is 16.5. The Kier molecular flexibility index (Phi) is 4.77. The van der Waals surface area contributed by atoms with E-state index < -0.39 is 0 Å². The molecule has 1 aliphatic heterocycles. The van der Waals surface area contributed by atoms with E-state index in [0.29, 0.717) is 25.3 Å². The first kappa shape index (κ1) is 18.4. The summed E-state index contributed by atoms with van der Waals surface area (Å²) in [5.74, 6) is 0.492. The Balaban J connectivity index is 1.56. The summed E-state index contributed by atoms with van der Waals surface area (Å²) < 4.78 is 1.83. The molecule has 2 aromatic heterocycles. The third kappa shape index (κ3) is 3.11. The Bertz CT molecular complexity index is 990. The van der Waals surface area contributed by atoms with Crippen LogP contribution in [0.1, 0.15) is 33.4 Å². The van der Waals surface area contributed by atoms with Crippen LogP contribution in [0.2, 0.25) is 0 Å². The number of benzene rings is 1. The van der Waals surface area contributed by atoms with Crippen LogP contribution in [0.3, 0.4) is 0 Å². The largest absolute Gasteiger partial charge is 0.336 e. The Morgan fingerprint density at radius 2 is 2.00 bits per heavy atom. The van der Waals surface area contributed by atoms with Crippen molar-refractivity contribution in [3.05, 3.63) is 59.0 Å². The van der Waals surface area contributed by atoms with Crippen molar-refractivity contribution in [1.29, 1.82) is 0 Å². The first-order valence-electron chi connectivity index (χ1n) is 9.59. The number of likely N-dealkylation sites (tertiary alicyclic amines) is 1. The van der Waals surface area contributed by atoms with Crippen LogP contribution in [0.25, 0.3) is 11.3 Å². The first-order valence-corrected chi connectivity index (χ1v) is 9.59. The number of carbonyl (C=O) groups excluding carboxylic acids is 1. The molecule has 2 atom stereocenters. The van der Waals surface area contributed by atoms with E-state index in [4.69, 9.17) is 5.73 Å². The van der Waals surface area contributed by atoms with Gasteiger partial charge < -0.3 is 10.6 Å². The monoisotopic (exact) mass is 378 g/mol. The number of nitrogens with two attached hydrogens (primary N) is 1. The van der Waals surface area contributed by atoms with Crippen molar-refractivity contribution in [2.45, 2.75) is 19.8 Å². The lowest BCUT2D eigenvalue weighted by atomic mass is 9.89. The van der Waals surface area contributed by atoms with Crippen LogP contribution in [0, 0.1) is 19.8 Å². The highest BCUT2D eigenvalue weighted by Crippen LogP contribution is 2.33. The molecule has 3 heterocycles. The molecule has 146 valence electrons. The molecule has 1 saturated heterocycles. The molecule has 0 spiro atoms. The molecule has 1 fully saturated rings. The summed E-state index contributed by atoms with van der Waals surface area (Å²) in [5, 5.41) is 11.7. The molecule has 7 heteroatoms. The van der Waals surface area contributed by atoms with E-state index >= 15 is 0 Å². The van der Waals surface area contributed by atoms with Crippen LogP contribution in [0.15, 0.2) is 36.4 Å². The average Bonchev–Trinajstić information content (AvgIpc) is 3.40. The summed E-state index contributed by atoms with van der Waals surface area (Å²) >= 11 is 0. The lowest BCUT2D eigenvalue weighted by Gasteiger charge is -2.16. The fourth-order valence-electron chi connectivity index (χ4n) is 4.23. The van der Waals surface area contributed by atoms with Gasteiger partial charge in [0.25, 0.3) is 5.91 Å². The van der Waals surface area contributed by atoms with Crippen molar-refractivity contribution < 1.29 is 4.79 Å². The number of aromatic amines is 1. The van der Waals surface area contributed by atoms with Gasteiger partial charge >= 0.3 is 0 Å². The Morgan fingerprint density at radius 1 is 1.25 bits per heavy atom. The molecular weight excluding hydrogens is 352 g/mol. The van der Waals surface area contributed by atoms with E-state index in [1.165, 1.54) is 5.56 Å². The van der Waals surface area contributed by atoms with Crippen LogP contribution in [-0.2, 0) is 7.05 Å². The fourth-order valence-corrected chi connectivity index (χ4v) is 4.23. The molecule has 0 saturated carbocycles. The molecule has 1 amide bonds. The molecular formula is C21H26N6O. The smallest absolute Gasteiger partial charge is 0.271 e. The van der Waals surface area contributed by atoms with Gasteiger partial charge in [-0.2, -0.15) is 10.2 Å². The molecule has 1 aliphatic rings. The van der Waals surface area contributed by atoms with Gasteiger partial charge in [-0.25, -0.2) is 0 Å². The van der Waals surface area contributed by atoms with E-state index in [1.807, 2.05) is 54.7 Å². The highest BCUT2D eigenvalue weighted by atomic mass is 16.2. The van der Waals surface area contributed by atoms with Crippen LogP contribution in [-0.4, -0.2) is 50.4 Å². The lowest BCUT2D eigenvalue weighted by molar-refractivity contribution is 0.0780. The summed E-state index contributed by atoms with van der Waals surface area (Å²) in [5.41, 5.74) is 11.4. The summed E-state index contributed by atoms with van der Waals surface area (Å²) in [6.07, 6.45) is 0. The molecule has 3 N–H and O–H groups in total. The second-order valence-corrected chi connectivity index (χ2v) is 7.56. The number of carbonyl (C=O) groups is 1. The minimum atomic E-state index is -0.0326. The Hall–Kier alpha value is -2.93. The van der Waals surface area contributed by atoms with Gasteiger partial charge in [-0.15, -0.1) is 0 Å². The van der Waals surface area contributed by atoms with Crippen molar-refractivity contribution in [3.63, 3.8) is 0 Å². The summed E-state index contributed by atoms with van der Waals surface area (Å²) in [6, 6.07) is 12.1. The summed E-state index contributed by atoms with van der Waals surface area (Å²) in [6.45, 7) is 5.85. The van der Waals surface area contributed by atoms with Gasteiger partial charge in [0.2, 0.25) is 0 Å². The SMILES string of the molecule is Cc1nn(C)c(C)c1-c1cc(C(=O)N2C[C@@H](CN)[C@H](c3ccccc3)C2)[nH]n1. The van der Waals surface area contributed by atoms with Gasteiger partial charge in [0, 0.05) is 37.3 Å². The number of hydrogen-bond donors (Lipinski definition) is 2. The fraction of sp³-hybridized carbons (Fsp3) is 0.381. The van der Waals surface area contributed by atoms with Gasteiger partial charge in [-0.3, -0.25) is 14.6 Å². The number of amides is 1. The number of nitrogens with zero attached hydrogens (tertiary/aromatic N) is 4. The topological polar surface area (TPSA) is 92.8 Å². The molecule has 0 bridgehead atoms. The number of hydrogen-bond acceptors (Lipinski definition) is 4. The number of H-pyrrole nitrogens is 1. The van der Waals surface area contributed by atoms with Crippen molar-refractivity contribution in [2.24, 2.45) is 18.7 Å². The molecule has 1 aromatic carbocycles. The van der Waals surface area contributed by atoms with Gasteiger partial charge in [-0.1, -0.05) is 30.3 Å². The van der Waals surface area contributed by atoms with Crippen molar-refractivity contribution >= 4 is 5.91 Å². The van der Waals surface area contributed by atoms with E-state index in [1.54, 1.807) is 0 Å². The standard InChI is InChI=1S/C21H26N6O/c1-13-20(14(2)26(3)25-13)18-9-19(24-23-18)21(28)27-11-16(10-22)17(12-27)15-7-5-4-6-8-15/h4-9,16-17H,10-12,22H2,1-3H3,(H,23,24)/t16-,17+/m1/s1. The van der Waals surface area contributed by atoms with Crippen molar-refractivity contribution in [3.8, 4) is 11.3 Å². The highest BCUT2D eigenvalue weighted by Gasteiger charge is 2.36. The van der Waals surface area contributed by atoms with Gasteiger partial charge in [0.15, 0.2) is 0 Å². The van der Waals surface area contributed by atoms with Gasteiger partial charge in [0.05, 0.1) is 11.4 Å². The maximum absolute atomic E-state index is 13.1. The van der Waals surface area contributed by atoms with Crippen molar-refractivity contribution in [1.82, 2.24) is 24.9 Å². The van der Waals surface area contributed by atoms with Gasteiger partial charge in [0.1, 0.15) is 5.69 Å². The molecule has 28 heavy (non-hydrogen) atoms. The molecule has 3 aromatic rings. The number of aryl methyl sites for hydroxylation is 2. The zero-order chi connectivity index (χ0) is 19.8. The molecule has 0 aliphatic carbocycles. The van der Waals surface area contributed by atoms with Crippen LogP contribution in [0.5, 0.6) is 0 Å². The van der Waals surface area contributed by atoms with E-state index in [2.05, 4.69) is 27.4 Å². The average molecular weight is 378 g/mol. The summed E-state index contributed by atoms with van der Waals surface area (Å²) in [4.78, 5) is 15.0. The maximum Gasteiger partial charge on any atom is 0.271 e. The van der Waals surface area contributed by atoms with E-state index in [9.17, 15) is 4.79 Å². The molecule has 7 nitrogen and oxygen atoms in total. The number of aromatic nitrogens is 4. The predicted octanol–water partition coefficient (Wildman–Crippen LogP) is 2.24. The third-order valence-corrected chi connectivity index (χ3v) is 5.83.